The summed E-state index contributed by atoms with van der Waals surface area (Å²) in [7, 11) is 0. The predicted octanol–water partition coefficient (Wildman–Crippen LogP) is 1.22. The number of hydrogen-bond donors (Lipinski definition) is 1. The molecule has 0 spiro atoms. The van der Waals surface area contributed by atoms with Crippen LogP contribution < -0.4 is 10.4 Å². The fourth-order valence-electron chi connectivity index (χ4n) is 2.39. The van der Waals surface area contributed by atoms with Gasteiger partial charge in [0.25, 0.3) is 5.91 Å². The number of carboxylic acids is 1. The van der Waals surface area contributed by atoms with Crippen LogP contribution in [0.3, 0.4) is 0 Å². The maximum Gasteiger partial charge on any atom is 0.328 e. The Morgan fingerprint density at radius 2 is 2.08 bits per heavy atom. The Bertz CT molecular complexity index is 865. The van der Waals surface area contributed by atoms with Crippen molar-refractivity contribution >= 4 is 24.0 Å². The van der Waals surface area contributed by atoms with Gasteiger partial charge in [-0.2, -0.15) is 0 Å². The number of amides is 3. The molecule has 0 unspecified atom stereocenters. The summed E-state index contributed by atoms with van der Waals surface area (Å²) in [6.45, 7) is 1.98. The molecular weight excluding hydrogens is 312 g/mol. The predicted molar refractivity (Wildman–Crippen MR) is 82.4 cm³/mol. The molecule has 2 aromatic rings. The van der Waals surface area contributed by atoms with Crippen molar-refractivity contribution in [3.8, 4) is 11.3 Å². The number of benzene rings is 1. The van der Waals surface area contributed by atoms with Gasteiger partial charge in [0.2, 0.25) is 0 Å². The van der Waals surface area contributed by atoms with E-state index in [0.29, 0.717) is 17.1 Å². The van der Waals surface area contributed by atoms with Crippen molar-refractivity contribution in [3.05, 3.63) is 53.4 Å². The van der Waals surface area contributed by atoms with Crippen LogP contribution in [-0.2, 0) is 4.79 Å². The summed E-state index contributed by atoms with van der Waals surface area (Å²) in [6.07, 6.45) is 1.43. The van der Waals surface area contributed by atoms with Crippen LogP contribution in [0.2, 0.25) is 0 Å². The van der Waals surface area contributed by atoms with Crippen LogP contribution in [0.4, 0.5) is 4.79 Å². The van der Waals surface area contributed by atoms with Crippen molar-refractivity contribution in [1.29, 1.82) is 0 Å². The minimum atomic E-state index is -1.27. The molecule has 3 rings (SSSR count). The summed E-state index contributed by atoms with van der Waals surface area (Å²) < 4.78 is 5.61. The third kappa shape index (κ3) is 2.79. The lowest BCUT2D eigenvalue weighted by atomic mass is 10.1. The van der Waals surface area contributed by atoms with Crippen molar-refractivity contribution in [2.75, 3.05) is 6.54 Å². The van der Waals surface area contributed by atoms with Crippen molar-refractivity contribution in [1.82, 2.24) is 10.2 Å². The number of carbonyl (C=O) groups is 3. The molecule has 24 heavy (non-hydrogen) atoms. The summed E-state index contributed by atoms with van der Waals surface area (Å²) in [5, 5.41) is 13.4. The first-order valence-electron chi connectivity index (χ1n) is 7.25. The number of likely N-dealkylation sites (N-methyl/N-ethyl adjacent to an activating group) is 1. The van der Waals surface area contributed by atoms with Gasteiger partial charge in [0.1, 0.15) is 17.2 Å². The smallest absolute Gasteiger partial charge is 0.328 e. The highest BCUT2D eigenvalue weighted by Gasteiger charge is 2.32. The number of carbonyl (C=O) groups excluding carboxylic acids is 3. The highest BCUT2D eigenvalue weighted by molar-refractivity contribution is 6.13. The minimum absolute atomic E-state index is 0.0422. The SMILES string of the molecule is CCN1C(=O)N/C(=C\c2ccc(-c3cccc(C(=O)[O-])c3)o2)C1=O. The summed E-state index contributed by atoms with van der Waals surface area (Å²) in [4.78, 5) is 35.6. The van der Waals surface area contributed by atoms with Gasteiger partial charge in [-0.15, -0.1) is 0 Å². The topological polar surface area (TPSA) is 103 Å². The van der Waals surface area contributed by atoms with Crippen molar-refractivity contribution in [3.63, 3.8) is 0 Å². The van der Waals surface area contributed by atoms with E-state index in [2.05, 4.69) is 5.32 Å². The Kier molecular flexibility index (Phi) is 3.91. The van der Waals surface area contributed by atoms with E-state index in [1.807, 2.05) is 0 Å². The van der Waals surface area contributed by atoms with E-state index in [1.165, 1.54) is 18.2 Å². The van der Waals surface area contributed by atoms with Gasteiger partial charge in [0.05, 0.1) is 5.97 Å². The van der Waals surface area contributed by atoms with Gasteiger partial charge in [-0.25, -0.2) is 4.79 Å². The summed E-state index contributed by atoms with van der Waals surface area (Å²) in [5.41, 5.74) is 0.741. The third-order valence-electron chi connectivity index (χ3n) is 3.57. The monoisotopic (exact) mass is 325 g/mol. The summed E-state index contributed by atoms with van der Waals surface area (Å²) in [5.74, 6) is -0.886. The van der Waals surface area contributed by atoms with Gasteiger partial charge in [-0.1, -0.05) is 18.2 Å². The van der Waals surface area contributed by atoms with Crippen molar-refractivity contribution in [2.45, 2.75) is 6.92 Å². The fraction of sp³-hybridized carbons (Fsp3) is 0.118. The standard InChI is InChI=1S/C17H14N2O5/c1-2-19-15(20)13(18-17(19)23)9-12-6-7-14(24-12)10-4-3-5-11(8-10)16(21)22/h3-9H,2H2,1H3,(H,18,23)(H,21,22)/p-1/b13-9-. The van der Waals surface area contributed by atoms with E-state index < -0.39 is 17.9 Å². The molecule has 1 saturated heterocycles. The van der Waals surface area contributed by atoms with E-state index in [9.17, 15) is 19.5 Å². The molecule has 0 bridgehead atoms. The Balaban J connectivity index is 1.88. The highest BCUT2D eigenvalue weighted by Crippen LogP contribution is 2.24. The van der Waals surface area contributed by atoms with Crippen LogP contribution in [0.25, 0.3) is 17.4 Å². The number of aromatic carboxylic acids is 1. The van der Waals surface area contributed by atoms with Crippen molar-refractivity contribution < 1.29 is 23.9 Å². The van der Waals surface area contributed by atoms with Gasteiger partial charge < -0.3 is 19.6 Å². The second-order valence-corrected chi connectivity index (χ2v) is 5.11. The van der Waals surface area contributed by atoms with E-state index >= 15 is 0 Å². The van der Waals surface area contributed by atoms with Crippen molar-refractivity contribution in [2.24, 2.45) is 0 Å². The van der Waals surface area contributed by atoms with E-state index in [0.717, 1.165) is 4.90 Å². The quantitative estimate of drug-likeness (QED) is 0.672. The Morgan fingerprint density at radius 3 is 2.75 bits per heavy atom. The van der Waals surface area contributed by atoms with Gasteiger partial charge >= 0.3 is 6.03 Å². The minimum Gasteiger partial charge on any atom is -0.545 e. The number of furan rings is 1. The Morgan fingerprint density at radius 1 is 1.29 bits per heavy atom. The molecule has 122 valence electrons. The fourth-order valence-corrected chi connectivity index (χ4v) is 2.39. The van der Waals surface area contributed by atoms with Gasteiger partial charge in [-0.3, -0.25) is 9.69 Å². The van der Waals surface area contributed by atoms with Gasteiger partial charge in [0, 0.05) is 18.2 Å². The first-order valence-corrected chi connectivity index (χ1v) is 7.25. The van der Waals surface area contributed by atoms with Crippen LogP contribution in [0.1, 0.15) is 23.0 Å². The lowest BCUT2D eigenvalue weighted by Gasteiger charge is -2.05. The molecule has 0 aliphatic carbocycles. The molecule has 1 aliphatic heterocycles. The third-order valence-corrected chi connectivity index (χ3v) is 3.57. The molecule has 0 saturated carbocycles. The molecular formula is C17H13N2O5-. The molecule has 1 aliphatic rings. The molecule has 0 atom stereocenters. The van der Waals surface area contributed by atoms with E-state index in [4.69, 9.17) is 4.42 Å². The lowest BCUT2D eigenvalue weighted by Crippen LogP contribution is -2.30. The van der Waals surface area contributed by atoms with Gasteiger partial charge in [-0.05, 0) is 30.7 Å². The zero-order valence-corrected chi connectivity index (χ0v) is 12.7. The summed E-state index contributed by atoms with van der Waals surface area (Å²) >= 11 is 0. The Hall–Kier alpha value is -3.35. The average molecular weight is 325 g/mol. The summed E-state index contributed by atoms with van der Waals surface area (Å²) in [6, 6.07) is 8.96. The molecule has 1 aromatic heterocycles. The number of nitrogens with one attached hydrogen (secondary N) is 1. The number of urea groups is 1. The first-order chi connectivity index (χ1) is 11.5. The van der Waals surface area contributed by atoms with E-state index in [-0.39, 0.29) is 17.8 Å². The molecule has 1 N–H and O–H groups in total. The number of imide groups is 1. The Labute approximate surface area is 137 Å². The first kappa shape index (κ1) is 15.5. The van der Waals surface area contributed by atoms with Crippen LogP contribution in [0.5, 0.6) is 0 Å². The normalized spacial score (nSPS) is 15.9. The zero-order valence-electron chi connectivity index (χ0n) is 12.7. The lowest BCUT2D eigenvalue weighted by molar-refractivity contribution is -0.255. The molecule has 3 amide bonds. The van der Waals surface area contributed by atoms with Crippen LogP contribution >= 0.6 is 0 Å². The highest BCUT2D eigenvalue weighted by atomic mass is 16.4. The van der Waals surface area contributed by atoms with Crippen LogP contribution in [0.15, 0.2) is 46.5 Å². The molecule has 1 fully saturated rings. The van der Waals surface area contributed by atoms with E-state index in [1.54, 1.807) is 31.2 Å². The molecule has 7 heteroatoms. The molecule has 1 aromatic carbocycles. The second-order valence-electron chi connectivity index (χ2n) is 5.11. The molecule has 7 nitrogen and oxygen atoms in total. The van der Waals surface area contributed by atoms with Crippen LogP contribution in [-0.4, -0.2) is 29.4 Å². The van der Waals surface area contributed by atoms with Gasteiger partial charge in [0.15, 0.2) is 0 Å². The maximum atomic E-state index is 12.0. The van der Waals surface area contributed by atoms with Crippen LogP contribution in [0, 0.1) is 0 Å². The maximum absolute atomic E-state index is 12.0. The number of rotatable bonds is 4. The molecule has 0 radical (unpaired) electrons. The number of hydrogen-bond acceptors (Lipinski definition) is 5. The number of carboxylic acid groups (broad SMARTS) is 1. The average Bonchev–Trinajstić information content (AvgIpc) is 3.13. The number of nitrogens with zero attached hydrogens (tertiary/aromatic N) is 1. The largest absolute Gasteiger partial charge is 0.545 e. The second kappa shape index (κ2) is 6.04. The zero-order chi connectivity index (χ0) is 17.3. The molecule has 2 heterocycles.